The van der Waals surface area contributed by atoms with Gasteiger partial charge in [0, 0.05) is 32.0 Å². The molecule has 1 aliphatic carbocycles. The van der Waals surface area contributed by atoms with Crippen LogP contribution in [0.2, 0.25) is 0 Å². The molecule has 118 valence electrons. The number of H-pyrrole nitrogens is 1. The number of nitrogens with one attached hydrogen (secondary N) is 1. The maximum Gasteiger partial charge on any atom is 0.185 e. The van der Waals surface area contributed by atoms with E-state index in [1.807, 2.05) is 12.3 Å². The molecule has 0 atom stereocenters. The van der Waals surface area contributed by atoms with E-state index in [2.05, 4.69) is 26.9 Å². The highest BCUT2D eigenvalue weighted by Crippen LogP contribution is 2.32. The van der Waals surface area contributed by atoms with Gasteiger partial charge in [-0.1, -0.05) is 11.8 Å². The van der Waals surface area contributed by atoms with Crippen LogP contribution in [-0.4, -0.2) is 38.9 Å². The lowest BCUT2D eigenvalue weighted by Gasteiger charge is -2.35. The molecule has 2 heterocycles. The molecule has 0 unspecified atom stereocenters. The van der Waals surface area contributed by atoms with Crippen LogP contribution in [0.25, 0.3) is 11.0 Å². The molecule has 3 rings (SSSR count). The summed E-state index contributed by atoms with van der Waals surface area (Å²) in [6.45, 7) is 1.65. The van der Waals surface area contributed by atoms with Crippen molar-refractivity contribution in [2.75, 3.05) is 17.7 Å². The van der Waals surface area contributed by atoms with Gasteiger partial charge in [0.05, 0.1) is 5.39 Å². The summed E-state index contributed by atoms with van der Waals surface area (Å²) < 4.78 is 0. The summed E-state index contributed by atoms with van der Waals surface area (Å²) in [5.74, 6) is 2.66. The van der Waals surface area contributed by atoms with Gasteiger partial charge in [0.25, 0.3) is 0 Å². The molecule has 0 bridgehead atoms. The molecule has 0 aromatic carbocycles. The Morgan fingerprint density at radius 3 is 2.86 bits per heavy atom. The number of aromatic nitrogens is 3. The van der Waals surface area contributed by atoms with E-state index in [4.69, 9.17) is 0 Å². The predicted octanol–water partition coefficient (Wildman–Crippen LogP) is 3.23. The summed E-state index contributed by atoms with van der Waals surface area (Å²) in [5.41, 5.74) is 0.892. The third kappa shape index (κ3) is 3.27. The third-order valence-electron chi connectivity index (χ3n) is 4.55. The van der Waals surface area contributed by atoms with Crippen molar-refractivity contribution in [3.63, 3.8) is 0 Å². The summed E-state index contributed by atoms with van der Waals surface area (Å²) >= 11 is 1.47. The summed E-state index contributed by atoms with van der Waals surface area (Å²) in [5, 5.41) is 1.31. The maximum absolute atomic E-state index is 11.1. The molecule has 0 aliphatic heterocycles. The number of hydrogen-bond acceptors (Lipinski definition) is 5. The standard InChI is InChI=1S/C16H22N4OS/c1-11(21)22-9-12-3-5-13(6-4-12)20(2)16-14-7-8-17-15(14)18-10-19-16/h7-8,10,12-13H,3-6,9H2,1-2H3,(H,17,18,19). The van der Waals surface area contributed by atoms with Crippen LogP contribution in [0, 0.1) is 5.92 Å². The van der Waals surface area contributed by atoms with Crippen LogP contribution < -0.4 is 4.90 Å². The molecule has 1 saturated carbocycles. The average Bonchev–Trinajstić information content (AvgIpc) is 3.01. The summed E-state index contributed by atoms with van der Waals surface area (Å²) in [6.07, 6.45) is 8.24. The molecule has 5 nitrogen and oxygen atoms in total. The molecule has 0 spiro atoms. The molecular formula is C16H22N4OS. The highest BCUT2D eigenvalue weighted by Gasteiger charge is 2.26. The van der Waals surface area contributed by atoms with Crippen LogP contribution in [0.15, 0.2) is 18.6 Å². The summed E-state index contributed by atoms with van der Waals surface area (Å²) in [7, 11) is 2.13. The Labute approximate surface area is 134 Å². The third-order valence-corrected chi connectivity index (χ3v) is 5.60. The monoisotopic (exact) mass is 318 g/mol. The average molecular weight is 318 g/mol. The van der Waals surface area contributed by atoms with Crippen molar-refractivity contribution in [2.45, 2.75) is 38.6 Å². The second kappa shape index (κ2) is 6.69. The first kappa shape index (κ1) is 15.3. The van der Waals surface area contributed by atoms with Gasteiger partial charge < -0.3 is 9.88 Å². The Kier molecular flexibility index (Phi) is 4.66. The van der Waals surface area contributed by atoms with Crippen LogP contribution in [-0.2, 0) is 4.79 Å². The van der Waals surface area contributed by atoms with E-state index in [0.29, 0.717) is 12.0 Å². The second-order valence-corrected chi connectivity index (χ2v) is 7.22. The van der Waals surface area contributed by atoms with Crippen LogP contribution in [0.4, 0.5) is 5.82 Å². The van der Waals surface area contributed by atoms with Gasteiger partial charge in [-0.15, -0.1) is 0 Å². The fourth-order valence-corrected chi connectivity index (χ4v) is 4.05. The normalized spacial score (nSPS) is 21.9. The molecule has 1 aliphatic rings. The number of hydrogen-bond donors (Lipinski definition) is 1. The van der Waals surface area contributed by atoms with Crippen molar-refractivity contribution in [2.24, 2.45) is 5.92 Å². The minimum absolute atomic E-state index is 0.232. The van der Waals surface area contributed by atoms with Gasteiger partial charge >= 0.3 is 0 Å². The Morgan fingerprint density at radius 2 is 2.14 bits per heavy atom. The van der Waals surface area contributed by atoms with Gasteiger partial charge in [-0.2, -0.15) is 0 Å². The first-order valence-corrected chi connectivity index (χ1v) is 8.78. The lowest BCUT2D eigenvalue weighted by atomic mass is 9.86. The van der Waals surface area contributed by atoms with Crippen molar-refractivity contribution in [3.8, 4) is 0 Å². The van der Waals surface area contributed by atoms with Crippen LogP contribution in [0.1, 0.15) is 32.6 Å². The van der Waals surface area contributed by atoms with Gasteiger partial charge in [-0.25, -0.2) is 9.97 Å². The first-order chi connectivity index (χ1) is 10.6. The lowest BCUT2D eigenvalue weighted by Crippen LogP contribution is -2.36. The molecule has 2 aromatic heterocycles. The zero-order valence-electron chi connectivity index (χ0n) is 13.1. The fourth-order valence-electron chi connectivity index (χ4n) is 3.25. The van der Waals surface area contributed by atoms with Crippen molar-refractivity contribution >= 4 is 33.7 Å². The zero-order valence-corrected chi connectivity index (χ0v) is 13.9. The van der Waals surface area contributed by atoms with Gasteiger partial charge in [0.15, 0.2) is 5.12 Å². The number of thioether (sulfide) groups is 1. The largest absolute Gasteiger partial charge is 0.356 e. The van der Waals surface area contributed by atoms with Crippen molar-refractivity contribution < 1.29 is 4.79 Å². The van der Waals surface area contributed by atoms with E-state index < -0.39 is 0 Å². The number of carbonyl (C=O) groups is 1. The number of rotatable bonds is 4. The molecule has 22 heavy (non-hydrogen) atoms. The zero-order chi connectivity index (χ0) is 15.5. The van der Waals surface area contributed by atoms with Gasteiger partial charge in [-0.05, 0) is 37.7 Å². The first-order valence-electron chi connectivity index (χ1n) is 7.79. The predicted molar refractivity (Wildman–Crippen MR) is 91.2 cm³/mol. The smallest absolute Gasteiger partial charge is 0.185 e. The van der Waals surface area contributed by atoms with Crippen molar-refractivity contribution in [3.05, 3.63) is 18.6 Å². The van der Waals surface area contributed by atoms with E-state index >= 15 is 0 Å². The molecule has 0 amide bonds. The fraction of sp³-hybridized carbons (Fsp3) is 0.562. The van der Waals surface area contributed by atoms with E-state index in [-0.39, 0.29) is 5.12 Å². The van der Waals surface area contributed by atoms with E-state index in [1.165, 1.54) is 24.6 Å². The number of anilines is 1. The molecule has 0 saturated heterocycles. The van der Waals surface area contributed by atoms with Crippen molar-refractivity contribution in [1.82, 2.24) is 15.0 Å². The summed E-state index contributed by atoms with van der Waals surface area (Å²) in [6, 6.07) is 2.56. The van der Waals surface area contributed by atoms with Crippen LogP contribution in [0.3, 0.4) is 0 Å². The Bertz CT molecular complexity index is 648. The second-order valence-electron chi connectivity index (χ2n) is 6.03. The van der Waals surface area contributed by atoms with E-state index in [0.717, 1.165) is 35.4 Å². The molecule has 1 N–H and O–H groups in total. The van der Waals surface area contributed by atoms with Gasteiger partial charge in [0.1, 0.15) is 17.8 Å². The number of carbonyl (C=O) groups excluding carboxylic acids is 1. The van der Waals surface area contributed by atoms with Crippen LogP contribution >= 0.6 is 11.8 Å². The highest BCUT2D eigenvalue weighted by molar-refractivity contribution is 8.13. The molecule has 2 aromatic rings. The van der Waals surface area contributed by atoms with Gasteiger partial charge in [-0.3, -0.25) is 4.79 Å². The van der Waals surface area contributed by atoms with E-state index in [1.54, 1.807) is 13.3 Å². The van der Waals surface area contributed by atoms with Crippen molar-refractivity contribution in [1.29, 1.82) is 0 Å². The quantitative estimate of drug-likeness (QED) is 0.937. The SMILES string of the molecule is CC(=O)SCC1CCC(N(C)c2ncnc3[nH]ccc23)CC1. The number of aromatic amines is 1. The lowest BCUT2D eigenvalue weighted by molar-refractivity contribution is -0.109. The molecular weight excluding hydrogens is 296 g/mol. The topological polar surface area (TPSA) is 61.9 Å². The molecule has 6 heteroatoms. The highest BCUT2D eigenvalue weighted by atomic mass is 32.2. The Morgan fingerprint density at radius 1 is 1.36 bits per heavy atom. The number of nitrogens with zero attached hydrogens (tertiary/aromatic N) is 3. The maximum atomic E-state index is 11.1. The molecule has 1 fully saturated rings. The minimum atomic E-state index is 0.232. The molecule has 0 radical (unpaired) electrons. The van der Waals surface area contributed by atoms with Crippen LogP contribution in [0.5, 0.6) is 0 Å². The minimum Gasteiger partial charge on any atom is -0.356 e. The van der Waals surface area contributed by atoms with Gasteiger partial charge in [0.2, 0.25) is 0 Å². The Balaban J connectivity index is 1.63. The van der Waals surface area contributed by atoms with E-state index in [9.17, 15) is 4.79 Å². The number of fused-ring (bicyclic) bond motifs is 1. The Hall–Kier alpha value is -1.56. The summed E-state index contributed by atoms with van der Waals surface area (Å²) in [4.78, 5) is 25.3.